The molecule has 1 aromatic heterocycles. The van der Waals surface area contributed by atoms with Crippen LogP contribution in [0.15, 0.2) is 36.7 Å². The predicted octanol–water partition coefficient (Wildman–Crippen LogP) is 1.83. The van der Waals surface area contributed by atoms with E-state index in [9.17, 15) is 0 Å². The highest BCUT2D eigenvalue weighted by Crippen LogP contribution is 2.13. The zero-order valence-electron chi connectivity index (χ0n) is 9.13. The zero-order chi connectivity index (χ0) is 11.2. The van der Waals surface area contributed by atoms with Gasteiger partial charge in [0.15, 0.2) is 0 Å². The summed E-state index contributed by atoms with van der Waals surface area (Å²) in [6.45, 7) is 0. The van der Waals surface area contributed by atoms with Crippen molar-refractivity contribution in [2.24, 2.45) is 5.73 Å². The molecule has 0 saturated heterocycles. The molecule has 4 nitrogen and oxygen atoms in total. The van der Waals surface area contributed by atoms with Crippen LogP contribution in [0.3, 0.4) is 0 Å². The number of hydrogen-bond donors (Lipinski definition) is 2. The third-order valence-corrected chi connectivity index (χ3v) is 2.61. The normalized spacial score (nSPS) is 12.6. The molecule has 2 rings (SSSR count). The molecule has 84 valence electrons. The lowest BCUT2D eigenvalue weighted by molar-refractivity contribution is 0.583. The minimum Gasteiger partial charge on any atom is -0.321 e. The first-order chi connectivity index (χ1) is 7.86. The molecule has 0 bridgehead atoms. The molecule has 3 N–H and O–H groups in total. The van der Waals surface area contributed by atoms with Gasteiger partial charge < -0.3 is 5.73 Å². The van der Waals surface area contributed by atoms with E-state index in [1.165, 1.54) is 11.9 Å². The Bertz CT molecular complexity index is 396. The van der Waals surface area contributed by atoms with Gasteiger partial charge in [0.25, 0.3) is 0 Å². The van der Waals surface area contributed by atoms with Crippen molar-refractivity contribution < 1.29 is 0 Å². The quantitative estimate of drug-likeness (QED) is 0.801. The van der Waals surface area contributed by atoms with Crippen LogP contribution < -0.4 is 5.73 Å². The number of rotatable bonds is 5. The molecule has 0 aliphatic heterocycles. The number of nitrogens with one attached hydrogen (secondary N) is 1. The van der Waals surface area contributed by atoms with Crippen LogP contribution in [0.25, 0.3) is 0 Å². The lowest BCUT2D eigenvalue weighted by Gasteiger charge is -2.07. The Hall–Kier alpha value is -1.68. The molecule has 1 heterocycles. The van der Waals surface area contributed by atoms with Gasteiger partial charge in [0.2, 0.25) is 0 Å². The van der Waals surface area contributed by atoms with Gasteiger partial charge >= 0.3 is 0 Å². The number of aromatic nitrogens is 3. The lowest BCUT2D eigenvalue weighted by Crippen LogP contribution is -2.12. The number of H-pyrrole nitrogens is 1. The van der Waals surface area contributed by atoms with Gasteiger partial charge in [0.1, 0.15) is 12.2 Å². The highest BCUT2D eigenvalue weighted by Gasteiger charge is 2.07. The van der Waals surface area contributed by atoms with Crippen LogP contribution in [0.1, 0.15) is 30.3 Å². The van der Waals surface area contributed by atoms with E-state index >= 15 is 0 Å². The largest absolute Gasteiger partial charge is 0.321 e. The lowest BCUT2D eigenvalue weighted by atomic mass is 10.1. The number of nitrogens with zero attached hydrogens (tertiary/aromatic N) is 2. The molecule has 2 aromatic rings. The van der Waals surface area contributed by atoms with Gasteiger partial charge in [-0.25, -0.2) is 4.98 Å². The average molecular weight is 216 g/mol. The average Bonchev–Trinajstić information content (AvgIpc) is 2.84. The summed E-state index contributed by atoms with van der Waals surface area (Å²) in [4.78, 5) is 4.05. The van der Waals surface area contributed by atoms with Gasteiger partial charge in [-0.15, -0.1) is 0 Å². The SMILES string of the molecule is NC(CCCc1ccccc1)c1ncn[nH]1. The number of aromatic amines is 1. The summed E-state index contributed by atoms with van der Waals surface area (Å²) in [5, 5.41) is 6.59. The number of hydrogen-bond acceptors (Lipinski definition) is 3. The molecule has 0 amide bonds. The first-order valence-electron chi connectivity index (χ1n) is 5.51. The fraction of sp³-hybridized carbons (Fsp3) is 0.333. The van der Waals surface area contributed by atoms with Crippen LogP contribution >= 0.6 is 0 Å². The maximum absolute atomic E-state index is 5.97. The molecule has 0 radical (unpaired) electrons. The number of nitrogens with two attached hydrogens (primary N) is 1. The monoisotopic (exact) mass is 216 g/mol. The van der Waals surface area contributed by atoms with E-state index in [1.807, 2.05) is 6.07 Å². The topological polar surface area (TPSA) is 67.6 Å². The summed E-state index contributed by atoms with van der Waals surface area (Å²) in [6.07, 6.45) is 4.53. The second kappa shape index (κ2) is 5.42. The van der Waals surface area contributed by atoms with Crippen molar-refractivity contribution in [3.8, 4) is 0 Å². The van der Waals surface area contributed by atoms with Gasteiger partial charge in [-0.3, -0.25) is 5.10 Å². The minimum absolute atomic E-state index is 0.0359. The maximum atomic E-state index is 5.97. The molecular formula is C12H16N4. The Morgan fingerprint density at radius 3 is 2.75 bits per heavy atom. The third-order valence-electron chi connectivity index (χ3n) is 2.61. The molecule has 0 saturated carbocycles. The summed E-state index contributed by atoms with van der Waals surface area (Å²) in [5.74, 6) is 0.771. The number of aryl methyl sites for hydroxylation is 1. The molecule has 1 unspecified atom stereocenters. The van der Waals surface area contributed by atoms with Gasteiger partial charge in [0, 0.05) is 0 Å². The van der Waals surface area contributed by atoms with Crippen LogP contribution in [0.2, 0.25) is 0 Å². The van der Waals surface area contributed by atoms with E-state index in [1.54, 1.807) is 0 Å². The molecule has 4 heteroatoms. The Balaban J connectivity index is 1.76. The highest BCUT2D eigenvalue weighted by atomic mass is 15.2. The van der Waals surface area contributed by atoms with Crippen LogP contribution in [0.4, 0.5) is 0 Å². The van der Waals surface area contributed by atoms with Crippen LogP contribution in [0.5, 0.6) is 0 Å². The summed E-state index contributed by atoms with van der Waals surface area (Å²) >= 11 is 0. The van der Waals surface area contributed by atoms with Gasteiger partial charge in [-0.1, -0.05) is 30.3 Å². The Morgan fingerprint density at radius 1 is 1.25 bits per heavy atom. The van der Waals surface area contributed by atoms with Gasteiger partial charge in [0.05, 0.1) is 6.04 Å². The summed E-state index contributed by atoms with van der Waals surface area (Å²) in [6, 6.07) is 10.4. The van der Waals surface area contributed by atoms with E-state index in [0.717, 1.165) is 25.1 Å². The molecule has 1 atom stereocenters. The first-order valence-corrected chi connectivity index (χ1v) is 5.51. The fourth-order valence-corrected chi connectivity index (χ4v) is 1.70. The van der Waals surface area contributed by atoms with Crippen molar-refractivity contribution >= 4 is 0 Å². The van der Waals surface area contributed by atoms with E-state index in [0.29, 0.717) is 0 Å². The molecule has 0 fully saturated rings. The Morgan fingerprint density at radius 2 is 2.06 bits per heavy atom. The third kappa shape index (κ3) is 2.90. The van der Waals surface area contributed by atoms with Gasteiger partial charge in [-0.2, -0.15) is 5.10 Å². The van der Waals surface area contributed by atoms with Crippen LogP contribution in [-0.2, 0) is 6.42 Å². The van der Waals surface area contributed by atoms with E-state index in [4.69, 9.17) is 5.73 Å². The van der Waals surface area contributed by atoms with Crippen molar-refractivity contribution in [2.75, 3.05) is 0 Å². The van der Waals surface area contributed by atoms with E-state index in [-0.39, 0.29) is 6.04 Å². The maximum Gasteiger partial charge on any atom is 0.141 e. The molecule has 0 spiro atoms. The summed E-state index contributed by atoms with van der Waals surface area (Å²) in [5.41, 5.74) is 7.32. The number of benzene rings is 1. The van der Waals surface area contributed by atoms with Crippen molar-refractivity contribution in [2.45, 2.75) is 25.3 Å². The van der Waals surface area contributed by atoms with Crippen molar-refractivity contribution in [1.82, 2.24) is 15.2 Å². The van der Waals surface area contributed by atoms with Crippen molar-refractivity contribution in [1.29, 1.82) is 0 Å². The molecule has 0 aliphatic rings. The van der Waals surface area contributed by atoms with Gasteiger partial charge in [-0.05, 0) is 24.8 Å². The molecule has 0 aliphatic carbocycles. The second-order valence-electron chi connectivity index (χ2n) is 3.86. The highest BCUT2D eigenvalue weighted by molar-refractivity contribution is 5.14. The van der Waals surface area contributed by atoms with Crippen LogP contribution in [0, 0.1) is 0 Å². The molecular weight excluding hydrogens is 200 g/mol. The smallest absolute Gasteiger partial charge is 0.141 e. The first kappa shape index (κ1) is 10.8. The standard InChI is InChI=1S/C12H16N4/c13-11(12-14-9-15-16-12)8-4-7-10-5-2-1-3-6-10/h1-3,5-6,9,11H,4,7-8,13H2,(H,14,15,16). The second-order valence-corrected chi connectivity index (χ2v) is 3.86. The van der Waals surface area contributed by atoms with Crippen molar-refractivity contribution in [3.63, 3.8) is 0 Å². The fourth-order valence-electron chi connectivity index (χ4n) is 1.70. The Kier molecular flexibility index (Phi) is 3.66. The van der Waals surface area contributed by atoms with E-state index in [2.05, 4.69) is 39.4 Å². The minimum atomic E-state index is -0.0359. The Labute approximate surface area is 94.9 Å². The summed E-state index contributed by atoms with van der Waals surface area (Å²) in [7, 11) is 0. The summed E-state index contributed by atoms with van der Waals surface area (Å²) < 4.78 is 0. The predicted molar refractivity (Wildman–Crippen MR) is 62.7 cm³/mol. The van der Waals surface area contributed by atoms with Crippen molar-refractivity contribution in [3.05, 3.63) is 48.0 Å². The van der Waals surface area contributed by atoms with Crippen LogP contribution in [-0.4, -0.2) is 15.2 Å². The molecule has 1 aromatic carbocycles. The molecule has 16 heavy (non-hydrogen) atoms. The van der Waals surface area contributed by atoms with E-state index < -0.39 is 0 Å². The zero-order valence-corrected chi connectivity index (χ0v) is 9.13.